The van der Waals surface area contributed by atoms with Crippen LogP contribution < -0.4 is 0 Å². The molecule has 0 aromatic heterocycles. The fourth-order valence-corrected chi connectivity index (χ4v) is 7.97. The van der Waals surface area contributed by atoms with Gasteiger partial charge in [-0.25, -0.2) is 4.79 Å². The van der Waals surface area contributed by atoms with Gasteiger partial charge in [-0.2, -0.15) is 0 Å². The van der Waals surface area contributed by atoms with Crippen molar-refractivity contribution in [3.05, 3.63) is 59.3 Å². The summed E-state index contributed by atoms with van der Waals surface area (Å²) in [6.45, 7) is 42.8. The highest BCUT2D eigenvalue weighted by molar-refractivity contribution is 6.75. The molecule has 0 fully saturated rings. The normalized spacial score (nSPS) is 17.7. The molecule has 45 heavy (non-hydrogen) atoms. The van der Waals surface area contributed by atoms with Gasteiger partial charge in [-0.05, 0) is 88.5 Å². The van der Waals surface area contributed by atoms with Gasteiger partial charge in [-0.1, -0.05) is 115 Å². The van der Waals surface area contributed by atoms with Crippen LogP contribution in [0.25, 0.3) is 0 Å². The van der Waals surface area contributed by atoms with Crippen LogP contribution in [-0.2, 0) is 18.1 Å². The van der Waals surface area contributed by atoms with E-state index < -0.39 is 30.9 Å². The fourth-order valence-electron chi connectivity index (χ4n) is 3.92. The minimum atomic E-state index is -2.16. The molecule has 0 saturated heterocycles. The molecule has 0 aromatic rings. The highest BCUT2D eigenvalue weighted by atomic mass is 28.4. The first-order valence-corrected chi connectivity index (χ1v) is 25.3. The van der Waals surface area contributed by atoms with Crippen molar-refractivity contribution >= 4 is 30.9 Å². The minimum Gasteiger partial charge on any atom is -0.478 e. The van der Waals surface area contributed by atoms with E-state index in [4.69, 9.17) is 18.4 Å². The standard InChI is InChI=1S/C37H70O5Si3/c1-28(25-30(3)23-24-34(38)39)21-20-22-29(2)26-32(41-44(16,17)36(8,9)10)33(42-45(18,19)37(11,12)13)27-31(4)40-43(14,15)35(5,6)7/h20-26,31-33H,27H2,1-19H3,(H,38,39)/b22-20+,24-23+,28-21+,29-26+,30-25+/t31-,32-,33-/m1/s1. The number of carboxylic acid groups (broad SMARTS) is 1. The maximum Gasteiger partial charge on any atom is 0.328 e. The highest BCUT2D eigenvalue weighted by Crippen LogP contribution is 2.42. The average molecular weight is 679 g/mol. The van der Waals surface area contributed by atoms with Gasteiger partial charge in [0, 0.05) is 12.2 Å². The van der Waals surface area contributed by atoms with Gasteiger partial charge in [0.05, 0.1) is 12.2 Å². The molecule has 0 saturated carbocycles. The first-order chi connectivity index (χ1) is 19.9. The molecule has 8 heteroatoms. The van der Waals surface area contributed by atoms with Crippen molar-refractivity contribution in [1.29, 1.82) is 0 Å². The third-order valence-corrected chi connectivity index (χ3v) is 23.4. The molecule has 0 spiro atoms. The van der Waals surface area contributed by atoms with Crippen LogP contribution in [0.2, 0.25) is 54.4 Å². The first kappa shape index (κ1) is 43.7. The predicted molar refractivity (Wildman–Crippen MR) is 204 cm³/mol. The molecule has 3 atom stereocenters. The Kier molecular flexibility index (Phi) is 16.2. The first-order valence-electron chi connectivity index (χ1n) is 16.6. The monoisotopic (exact) mass is 678 g/mol. The fraction of sp³-hybridized carbons (Fsp3) is 0.703. The Morgan fingerprint density at radius 1 is 0.667 bits per heavy atom. The lowest BCUT2D eigenvalue weighted by Crippen LogP contribution is -2.52. The zero-order valence-electron chi connectivity index (χ0n) is 32.6. The zero-order valence-corrected chi connectivity index (χ0v) is 35.6. The maximum absolute atomic E-state index is 10.8. The third kappa shape index (κ3) is 15.4. The van der Waals surface area contributed by atoms with Gasteiger partial charge in [0.25, 0.3) is 0 Å². The molecule has 0 heterocycles. The van der Waals surface area contributed by atoms with E-state index in [0.717, 1.165) is 29.2 Å². The molecule has 0 radical (unpaired) electrons. The van der Waals surface area contributed by atoms with Crippen LogP contribution in [0.3, 0.4) is 0 Å². The van der Waals surface area contributed by atoms with Crippen molar-refractivity contribution in [2.75, 3.05) is 0 Å². The Labute approximate surface area is 281 Å². The lowest BCUT2D eigenvalue weighted by atomic mass is 10.0. The van der Waals surface area contributed by atoms with Crippen LogP contribution in [0.15, 0.2) is 59.3 Å². The molecule has 0 rings (SSSR count). The largest absolute Gasteiger partial charge is 0.478 e. The van der Waals surface area contributed by atoms with Crippen molar-refractivity contribution in [1.82, 2.24) is 0 Å². The molecule has 0 aliphatic carbocycles. The Morgan fingerprint density at radius 2 is 1.11 bits per heavy atom. The Morgan fingerprint density at radius 3 is 1.56 bits per heavy atom. The molecule has 0 bridgehead atoms. The number of carbonyl (C=O) groups is 1. The van der Waals surface area contributed by atoms with Gasteiger partial charge in [-0.3, -0.25) is 0 Å². The van der Waals surface area contributed by atoms with Gasteiger partial charge in [0.2, 0.25) is 0 Å². The minimum absolute atomic E-state index is 0.0335. The smallest absolute Gasteiger partial charge is 0.328 e. The third-order valence-electron chi connectivity index (χ3n) is 9.81. The molecule has 1 N–H and O–H groups in total. The summed E-state index contributed by atoms with van der Waals surface area (Å²) in [6.07, 6.45) is 13.6. The van der Waals surface area contributed by atoms with E-state index in [0.29, 0.717) is 0 Å². The van der Waals surface area contributed by atoms with Crippen LogP contribution in [-0.4, -0.2) is 54.3 Å². The molecule has 0 aromatic carbocycles. The van der Waals surface area contributed by atoms with Gasteiger partial charge in [0.1, 0.15) is 0 Å². The number of hydrogen-bond acceptors (Lipinski definition) is 4. The SMILES string of the molecule is CC(=C\C=C\C(C)=C\[C@@H](O[Si](C)(C)C(C)(C)C)[C@@H](C[C@@H](C)O[Si](C)(C)C(C)(C)C)O[Si](C)(C)C(C)(C)C)/C=C(C)/C=C/C(=O)O. The van der Waals surface area contributed by atoms with Crippen molar-refractivity contribution in [3.63, 3.8) is 0 Å². The van der Waals surface area contributed by atoms with Crippen molar-refractivity contribution in [2.24, 2.45) is 0 Å². The second-order valence-electron chi connectivity index (χ2n) is 17.4. The van der Waals surface area contributed by atoms with Gasteiger partial charge in [0.15, 0.2) is 25.0 Å². The van der Waals surface area contributed by atoms with Crippen molar-refractivity contribution < 1.29 is 23.2 Å². The molecule has 0 amide bonds. The van der Waals surface area contributed by atoms with Gasteiger partial charge >= 0.3 is 5.97 Å². The van der Waals surface area contributed by atoms with Gasteiger partial charge in [-0.15, -0.1) is 0 Å². The molecule has 260 valence electrons. The summed E-state index contributed by atoms with van der Waals surface area (Å²) in [5.41, 5.74) is 3.03. The van der Waals surface area contributed by atoms with Crippen LogP contribution >= 0.6 is 0 Å². The summed E-state index contributed by atoms with van der Waals surface area (Å²) in [4.78, 5) is 10.8. The van der Waals surface area contributed by atoms with E-state index in [-0.39, 0.29) is 33.4 Å². The number of rotatable bonds is 15. The predicted octanol–water partition coefficient (Wildman–Crippen LogP) is 11.6. The van der Waals surface area contributed by atoms with E-state index in [1.807, 2.05) is 32.1 Å². The molecular weight excluding hydrogens is 609 g/mol. The summed E-state index contributed by atoms with van der Waals surface area (Å²) in [6, 6.07) is 0. The lowest BCUT2D eigenvalue weighted by Gasteiger charge is -2.46. The second kappa shape index (κ2) is 16.7. The number of hydrogen-bond donors (Lipinski definition) is 1. The molecular formula is C37H70O5Si3. The van der Waals surface area contributed by atoms with Crippen molar-refractivity contribution in [3.8, 4) is 0 Å². The molecule has 0 unspecified atom stereocenters. The van der Waals surface area contributed by atoms with E-state index in [9.17, 15) is 4.79 Å². The molecule has 5 nitrogen and oxygen atoms in total. The number of allylic oxidation sites excluding steroid dienone is 8. The number of carboxylic acids is 1. The lowest BCUT2D eigenvalue weighted by molar-refractivity contribution is -0.131. The summed E-state index contributed by atoms with van der Waals surface area (Å²) < 4.78 is 21.4. The van der Waals surface area contributed by atoms with Gasteiger partial charge < -0.3 is 18.4 Å². The number of aliphatic carboxylic acids is 1. The summed E-state index contributed by atoms with van der Waals surface area (Å²) in [5.74, 6) is -0.948. The second-order valence-corrected chi connectivity index (χ2v) is 31.7. The van der Waals surface area contributed by atoms with E-state index in [1.165, 1.54) is 0 Å². The molecule has 0 aliphatic heterocycles. The maximum atomic E-state index is 10.8. The summed E-state index contributed by atoms with van der Waals surface area (Å²) >= 11 is 0. The van der Waals surface area contributed by atoms with Crippen LogP contribution in [0.5, 0.6) is 0 Å². The Hall–Kier alpha value is -1.30. The van der Waals surface area contributed by atoms with Crippen LogP contribution in [0.1, 0.15) is 96.4 Å². The van der Waals surface area contributed by atoms with E-state index in [2.05, 4.69) is 128 Å². The average Bonchev–Trinajstić information content (AvgIpc) is 2.79. The van der Waals surface area contributed by atoms with Crippen LogP contribution in [0.4, 0.5) is 0 Å². The van der Waals surface area contributed by atoms with Crippen LogP contribution in [0, 0.1) is 0 Å². The summed E-state index contributed by atoms with van der Waals surface area (Å²) in [5, 5.41) is 9.12. The Bertz CT molecular complexity index is 1120. The highest BCUT2D eigenvalue weighted by Gasteiger charge is 2.45. The summed E-state index contributed by atoms with van der Waals surface area (Å²) in [7, 11) is -6.29. The zero-order chi connectivity index (χ0) is 35.8. The van der Waals surface area contributed by atoms with Crippen molar-refractivity contribution in [2.45, 2.75) is 169 Å². The topological polar surface area (TPSA) is 65.0 Å². The molecule has 0 aliphatic rings. The van der Waals surface area contributed by atoms with E-state index in [1.54, 1.807) is 6.08 Å². The Balaban J connectivity index is 6.79. The quantitative estimate of drug-likeness (QED) is 0.106. The van der Waals surface area contributed by atoms with E-state index >= 15 is 0 Å².